The van der Waals surface area contributed by atoms with Gasteiger partial charge in [0.15, 0.2) is 5.82 Å². The van der Waals surface area contributed by atoms with Gasteiger partial charge in [0, 0.05) is 80.4 Å². The van der Waals surface area contributed by atoms with Crippen LogP contribution in [-0.4, -0.2) is 14.5 Å². The lowest BCUT2D eigenvalue weighted by molar-refractivity contribution is 0.668. The molecule has 0 aliphatic rings. The van der Waals surface area contributed by atoms with Crippen LogP contribution in [0.2, 0.25) is 0 Å². The zero-order valence-corrected chi connectivity index (χ0v) is 34.9. The summed E-state index contributed by atoms with van der Waals surface area (Å²) in [5.41, 5.74) is 13.5. The van der Waals surface area contributed by atoms with Crippen molar-refractivity contribution in [3.05, 3.63) is 200 Å². The normalized spacial score (nSPS) is 12.1. The molecule has 5 aromatic heterocycles. The van der Waals surface area contributed by atoms with Crippen LogP contribution in [0.3, 0.4) is 0 Å². The molecule has 298 valence electrons. The van der Waals surface area contributed by atoms with Gasteiger partial charge >= 0.3 is 0 Å². The maximum absolute atomic E-state index is 6.66. The second-order valence-corrected chi connectivity index (χ2v) is 17.5. The van der Waals surface area contributed by atoms with E-state index >= 15 is 0 Å². The molecular formula is C58H33N3O2S. The van der Waals surface area contributed by atoms with Crippen LogP contribution in [0.25, 0.3) is 137 Å². The van der Waals surface area contributed by atoms with Crippen LogP contribution in [0, 0.1) is 0 Å². The third-order valence-corrected chi connectivity index (χ3v) is 14.0. The smallest absolute Gasteiger partial charge is 0.160 e. The summed E-state index contributed by atoms with van der Waals surface area (Å²) in [6.07, 6.45) is 0. The Labute approximate surface area is 369 Å². The Bertz CT molecular complexity index is 4200. The molecule has 14 aromatic rings. The Morgan fingerprint density at radius 2 is 1.06 bits per heavy atom. The fourth-order valence-corrected chi connectivity index (χ4v) is 11.1. The SMILES string of the molecule is c1ccc(-c2nc(-c3ccc4c(c3)oc3ccccc34)cc(-c3cccc4oc5ccc(-c6cccc7c8c9c(ccc8n(-c8ccccc8)c67)sc6ccccc69)cc5c34)n2)cc1. The standard InChI is InChI=1S/C58H33N3O2S/c1-3-13-34(14-4-1)58-59-45(36-25-27-40-39-17-7-9-22-48(39)63-51(40)32-36)33-46(60-58)41-20-12-23-50-54(41)44-31-35(26-29-49(44)62-50)38-19-11-21-43-55-47(61(57(38)43)37-15-5-2-6-16-37)28-30-53-56(55)42-18-8-10-24-52(42)64-53/h1-33H. The molecule has 64 heavy (non-hydrogen) atoms. The molecule has 5 nitrogen and oxygen atoms in total. The summed E-state index contributed by atoms with van der Waals surface area (Å²) in [5, 5.41) is 9.33. The van der Waals surface area contributed by atoms with Gasteiger partial charge < -0.3 is 13.4 Å². The van der Waals surface area contributed by atoms with E-state index in [1.54, 1.807) is 0 Å². The summed E-state index contributed by atoms with van der Waals surface area (Å²) in [5.74, 6) is 0.649. The molecule has 0 N–H and O–H groups in total. The summed E-state index contributed by atoms with van der Waals surface area (Å²) in [4.78, 5) is 10.5. The van der Waals surface area contributed by atoms with E-state index in [2.05, 4.69) is 168 Å². The first-order chi connectivity index (χ1) is 31.7. The molecule has 0 saturated carbocycles. The van der Waals surface area contributed by atoms with Gasteiger partial charge in [0.2, 0.25) is 0 Å². The van der Waals surface area contributed by atoms with E-state index < -0.39 is 0 Å². The van der Waals surface area contributed by atoms with Crippen molar-refractivity contribution < 1.29 is 8.83 Å². The van der Waals surface area contributed by atoms with Crippen LogP contribution in [0.4, 0.5) is 0 Å². The lowest BCUT2D eigenvalue weighted by Crippen LogP contribution is -1.96. The minimum atomic E-state index is 0.649. The van der Waals surface area contributed by atoms with Crippen molar-refractivity contribution in [2.45, 2.75) is 0 Å². The molecular weight excluding hydrogens is 803 g/mol. The van der Waals surface area contributed by atoms with Gasteiger partial charge in [0.25, 0.3) is 0 Å². The molecule has 0 fully saturated rings. The van der Waals surface area contributed by atoms with Crippen LogP contribution < -0.4 is 0 Å². The maximum atomic E-state index is 6.66. The average Bonchev–Trinajstić information content (AvgIpc) is 4.12. The molecule has 5 heterocycles. The molecule has 0 aliphatic carbocycles. The van der Waals surface area contributed by atoms with E-state index in [1.807, 2.05) is 47.7 Å². The molecule has 0 radical (unpaired) electrons. The van der Waals surface area contributed by atoms with Crippen molar-refractivity contribution in [1.82, 2.24) is 14.5 Å². The lowest BCUT2D eigenvalue weighted by Gasteiger charge is -2.12. The van der Waals surface area contributed by atoms with E-state index in [9.17, 15) is 0 Å². The summed E-state index contributed by atoms with van der Waals surface area (Å²) < 4.78 is 18.0. The number of benzene rings is 9. The van der Waals surface area contributed by atoms with E-state index in [1.165, 1.54) is 42.0 Å². The topological polar surface area (TPSA) is 57.0 Å². The molecule has 0 aliphatic heterocycles. The number of para-hydroxylation sites is 3. The molecule has 9 aromatic carbocycles. The van der Waals surface area contributed by atoms with Gasteiger partial charge in [-0.2, -0.15) is 0 Å². The van der Waals surface area contributed by atoms with Crippen molar-refractivity contribution in [1.29, 1.82) is 0 Å². The fraction of sp³-hybridized carbons (Fsp3) is 0. The highest BCUT2D eigenvalue weighted by atomic mass is 32.1. The molecule has 0 amide bonds. The number of furan rings is 2. The van der Waals surface area contributed by atoms with Crippen molar-refractivity contribution in [3.8, 4) is 50.7 Å². The van der Waals surface area contributed by atoms with Crippen molar-refractivity contribution >= 4 is 97.2 Å². The molecule has 14 rings (SSSR count). The number of hydrogen-bond acceptors (Lipinski definition) is 5. The van der Waals surface area contributed by atoms with Crippen LogP contribution in [0.15, 0.2) is 209 Å². The van der Waals surface area contributed by atoms with E-state index in [4.69, 9.17) is 18.8 Å². The third kappa shape index (κ3) is 5.24. The number of nitrogens with zero attached hydrogens (tertiary/aromatic N) is 3. The van der Waals surface area contributed by atoms with Crippen molar-refractivity contribution in [2.75, 3.05) is 0 Å². The average molecular weight is 836 g/mol. The highest BCUT2D eigenvalue weighted by Crippen LogP contribution is 2.47. The van der Waals surface area contributed by atoms with Gasteiger partial charge in [0.1, 0.15) is 22.3 Å². The zero-order chi connectivity index (χ0) is 41.9. The van der Waals surface area contributed by atoms with E-state index in [0.29, 0.717) is 5.82 Å². The quantitative estimate of drug-likeness (QED) is 0.173. The Balaban J connectivity index is 1.00. The maximum Gasteiger partial charge on any atom is 0.160 e. The Morgan fingerprint density at radius 1 is 0.375 bits per heavy atom. The molecule has 0 spiro atoms. The van der Waals surface area contributed by atoms with Gasteiger partial charge in [-0.1, -0.05) is 127 Å². The van der Waals surface area contributed by atoms with E-state index in [-0.39, 0.29) is 0 Å². The number of thiophene rings is 1. The molecule has 6 heteroatoms. The highest BCUT2D eigenvalue weighted by molar-refractivity contribution is 7.26. The minimum absolute atomic E-state index is 0.649. The highest BCUT2D eigenvalue weighted by Gasteiger charge is 2.22. The first-order valence-corrected chi connectivity index (χ1v) is 22.3. The number of hydrogen-bond donors (Lipinski definition) is 0. The predicted molar refractivity (Wildman–Crippen MR) is 266 cm³/mol. The van der Waals surface area contributed by atoms with Gasteiger partial charge in [-0.15, -0.1) is 11.3 Å². The second kappa shape index (κ2) is 13.6. The molecule has 0 unspecified atom stereocenters. The van der Waals surface area contributed by atoms with Gasteiger partial charge in [-0.05, 0) is 78.4 Å². The first kappa shape index (κ1) is 35.3. The van der Waals surface area contributed by atoms with Crippen LogP contribution in [0.5, 0.6) is 0 Å². The zero-order valence-electron chi connectivity index (χ0n) is 34.1. The van der Waals surface area contributed by atoms with Gasteiger partial charge in [-0.25, -0.2) is 9.97 Å². The largest absolute Gasteiger partial charge is 0.456 e. The van der Waals surface area contributed by atoms with Crippen LogP contribution >= 0.6 is 11.3 Å². The lowest BCUT2D eigenvalue weighted by atomic mass is 9.97. The van der Waals surface area contributed by atoms with Crippen molar-refractivity contribution in [3.63, 3.8) is 0 Å². The minimum Gasteiger partial charge on any atom is -0.456 e. The third-order valence-electron chi connectivity index (χ3n) is 12.8. The molecule has 0 atom stereocenters. The fourth-order valence-electron chi connectivity index (χ4n) is 9.99. The Morgan fingerprint density at radius 3 is 1.97 bits per heavy atom. The number of rotatable bonds is 5. The second-order valence-electron chi connectivity index (χ2n) is 16.4. The first-order valence-electron chi connectivity index (χ1n) is 21.5. The van der Waals surface area contributed by atoms with Crippen LogP contribution in [0.1, 0.15) is 0 Å². The summed E-state index contributed by atoms with van der Waals surface area (Å²) in [7, 11) is 0. The molecule has 0 bridgehead atoms. The summed E-state index contributed by atoms with van der Waals surface area (Å²) >= 11 is 1.86. The predicted octanol–water partition coefficient (Wildman–Crippen LogP) is 16.4. The number of aromatic nitrogens is 3. The number of fused-ring (bicyclic) bond motifs is 13. The molecule has 0 saturated heterocycles. The van der Waals surface area contributed by atoms with E-state index in [0.717, 1.165) is 88.8 Å². The summed E-state index contributed by atoms with van der Waals surface area (Å²) in [6.45, 7) is 0. The van der Waals surface area contributed by atoms with Crippen molar-refractivity contribution in [2.24, 2.45) is 0 Å². The summed E-state index contributed by atoms with van der Waals surface area (Å²) in [6, 6.07) is 70.6. The van der Waals surface area contributed by atoms with Gasteiger partial charge in [-0.3, -0.25) is 0 Å². The Hall–Kier alpha value is -8.32. The monoisotopic (exact) mass is 835 g/mol. The Kier molecular flexibility index (Phi) is 7.49. The van der Waals surface area contributed by atoms with Crippen LogP contribution in [-0.2, 0) is 0 Å². The van der Waals surface area contributed by atoms with Gasteiger partial charge in [0.05, 0.1) is 22.4 Å².